The van der Waals surface area contributed by atoms with Gasteiger partial charge in [0.15, 0.2) is 17.8 Å². The number of aromatic hydroxyl groups is 1. The summed E-state index contributed by atoms with van der Waals surface area (Å²) in [6.45, 7) is 0.199. The van der Waals surface area contributed by atoms with Crippen molar-refractivity contribution < 1.29 is 24.2 Å². The van der Waals surface area contributed by atoms with Crippen LogP contribution in [-0.2, 0) is 4.74 Å². The number of nitrogens with one attached hydrogen (secondary N) is 1. The molecule has 0 aromatic heterocycles. The highest BCUT2D eigenvalue weighted by molar-refractivity contribution is 5.82. The van der Waals surface area contributed by atoms with E-state index < -0.39 is 6.09 Å². The number of phenols is 1. The molecule has 6 heteroatoms. The first-order valence-electron chi connectivity index (χ1n) is 10.1. The number of ether oxygens (including phenoxy) is 2. The quantitative estimate of drug-likeness (QED) is 0.473. The van der Waals surface area contributed by atoms with Crippen LogP contribution in [0.25, 0.3) is 11.1 Å². The molecule has 32 heavy (non-hydrogen) atoms. The number of carbonyl (C=O) groups excluding carboxylic acids is 2. The van der Waals surface area contributed by atoms with Crippen molar-refractivity contribution in [1.82, 2.24) is 5.32 Å². The molecule has 6 nitrogen and oxygen atoms in total. The van der Waals surface area contributed by atoms with Crippen molar-refractivity contribution >= 4 is 12.4 Å². The Kier molecular flexibility index (Phi) is 6.09. The van der Waals surface area contributed by atoms with E-state index in [1.165, 1.54) is 19.2 Å². The molecule has 2 N–H and O–H groups in total. The fourth-order valence-corrected chi connectivity index (χ4v) is 3.88. The molecule has 0 bridgehead atoms. The first-order valence-corrected chi connectivity index (χ1v) is 10.1. The maximum atomic E-state index is 12.2. The second-order valence-electron chi connectivity index (χ2n) is 7.18. The van der Waals surface area contributed by atoms with Crippen LogP contribution in [0.15, 0.2) is 60.7 Å². The van der Waals surface area contributed by atoms with Gasteiger partial charge in [0, 0.05) is 11.5 Å². The Labute approximate surface area is 185 Å². The van der Waals surface area contributed by atoms with E-state index in [0.717, 1.165) is 22.3 Å². The maximum absolute atomic E-state index is 12.2. The van der Waals surface area contributed by atoms with Crippen molar-refractivity contribution in [3.05, 3.63) is 82.9 Å². The zero-order valence-electron chi connectivity index (χ0n) is 17.4. The number of fused-ring (bicyclic) bond motifs is 3. The second-order valence-corrected chi connectivity index (χ2v) is 7.18. The van der Waals surface area contributed by atoms with Gasteiger partial charge >= 0.3 is 6.09 Å². The molecule has 0 atom stereocenters. The van der Waals surface area contributed by atoms with Crippen molar-refractivity contribution in [2.24, 2.45) is 0 Å². The van der Waals surface area contributed by atoms with Gasteiger partial charge in [0.05, 0.1) is 19.2 Å². The number of amides is 1. The number of hydrogen-bond acceptors (Lipinski definition) is 5. The Balaban J connectivity index is 1.39. The van der Waals surface area contributed by atoms with Gasteiger partial charge < -0.3 is 19.9 Å². The van der Waals surface area contributed by atoms with Crippen molar-refractivity contribution in [3.63, 3.8) is 0 Å². The van der Waals surface area contributed by atoms with Crippen LogP contribution in [0, 0.1) is 11.8 Å². The molecular weight excluding hydrogens is 406 g/mol. The van der Waals surface area contributed by atoms with Crippen molar-refractivity contribution in [2.45, 2.75) is 5.92 Å². The second kappa shape index (κ2) is 9.27. The minimum absolute atomic E-state index is 0.00831. The molecule has 0 aliphatic heterocycles. The van der Waals surface area contributed by atoms with Crippen LogP contribution in [0.5, 0.6) is 11.5 Å². The van der Waals surface area contributed by atoms with Crippen LogP contribution in [0.3, 0.4) is 0 Å². The Morgan fingerprint density at radius 1 is 1.06 bits per heavy atom. The van der Waals surface area contributed by atoms with E-state index in [4.69, 9.17) is 9.47 Å². The summed E-state index contributed by atoms with van der Waals surface area (Å²) < 4.78 is 10.5. The van der Waals surface area contributed by atoms with Crippen molar-refractivity contribution in [3.8, 4) is 34.5 Å². The predicted molar refractivity (Wildman–Crippen MR) is 120 cm³/mol. The van der Waals surface area contributed by atoms with Crippen LogP contribution in [0.1, 0.15) is 33.0 Å². The minimum atomic E-state index is -0.591. The molecule has 1 aliphatic carbocycles. The predicted octanol–water partition coefficient (Wildman–Crippen LogP) is 4.10. The average Bonchev–Trinajstić information content (AvgIpc) is 3.15. The van der Waals surface area contributed by atoms with Gasteiger partial charge in [-0.15, -0.1) is 0 Å². The summed E-state index contributed by atoms with van der Waals surface area (Å²) in [6, 6.07) is 19.2. The SMILES string of the molecule is COc1ccc(C=O)c(C#CCNC(=O)OCC2c3ccccc3-c3ccccc32)c1O. The lowest BCUT2D eigenvalue weighted by Crippen LogP contribution is -2.26. The Morgan fingerprint density at radius 2 is 1.72 bits per heavy atom. The van der Waals surface area contributed by atoms with Gasteiger partial charge in [-0.25, -0.2) is 4.79 Å². The smallest absolute Gasteiger partial charge is 0.407 e. The Bertz CT molecular complexity index is 1190. The van der Waals surface area contributed by atoms with Gasteiger partial charge in [-0.2, -0.15) is 0 Å². The van der Waals surface area contributed by atoms with E-state index in [1.54, 1.807) is 0 Å². The average molecular weight is 427 g/mol. The molecule has 0 heterocycles. The molecule has 0 saturated carbocycles. The van der Waals surface area contributed by atoms with Gasteiger partial charge in [-0.3, -0.25) is 4.79 Å². The first kappa shape index (κ1) is 21.0. The molecule has 3 aromatic carbocycles. The molecule has 0 unspecified atom stereocenters. The molecule has 0 radical (unpaired) electrons. The van der Waals surface area contributed by atoms with Crippen LogP contribution >= 0.6 is 0 Å². The number of aldehydes is 1. The third kappa shape index (κ3) is 4.01. The summed E-state index contributed by atoms with van der Waals surface area (Å²) in [4.78, 5) is 23.4. The summed E-state index contributed by atoms with van der Waals surface area (Å²) >= 11 is 0. The summed E-state index contributed by atoms with van der Waals surface area (Å²) in [5.41, 5.74) is 4.97. The summed E-state index contributed by atoms with van der Waals surface area (Å²) in [5.74, 6) is 5.40. The van der Waals surface area contributed by atoms with E-state index >= 15 is 0 Å². The molecule has 0 saturated heterocycles. The van der Waals surface area contributed by atoms with Crippen LogP contribution < -0.4 is 10.1 Å². The number of benzene rings is 3. The largest absolute Gasteiger partial charge is 0.503 e. The van der Waals surface area contributed by atoms with E-state index in [1.807, 2.05) is 24.3 Å². The lowest BCUT2D eigenvalue weighted by molar-refractivity contribution is 0.112. The van der Waals surface area contributed by atoms with Gasteiger partial charge in [-0.1, -0.05) is 60.4 Å². The van der Waals surface area contributed by atoms with Crippen molar-refractivity contribution in [1.29, 1.82) is 0 Å². The molecule has 1 amide bonds. The third-order valence-corrected chi connectivity index (χ3v) is 5.40. The lowest BCUT2D eigenvalue weighted by Gasteiger charge is -2.14. The highest BCUT2D eigenvalue weighted by Crippen LogP contribution is 2.44. The van der Waals surface area contributed by atoms with E-state index in [9.17, 15) is 14.7 Å². The summed E-state index contributed by atoms with van der Waals surface area (Å²) in [7, 11) is 1.41. The fourth-order valence-electron chi connectivity index (χ4n) is 3.88. The Morgan fingerprint density at radius 3 is 2.34 bits per heavy atom. The lowest BCUT2D eigenvalue weighted by atomic mass is 9.98. The molecular formula is C26H21NO5. The summed E-state index contributed by atoms with van der Waals surface area (Å²) in [5, 5.41) is 12.8. The van der Waals surface area contributed by atoms with Gasteiger partial charge in [0.2, 0.25) is 0 Å². The number of methoxy groups -OCH3 is 1. The van der Waals surface area contributed by atoms with E-state index in [0.29, 0.717) is 6.29 Å². The van der Waals surface area contributed by atoms with Crippen LogP contribution in [-0.4, -0.2) is 37.7 Å². The molecule has 0 spiro atoms. The highest BCUT2D eigenvalue weighted by atomic mass is 16.5. The summed E-state index contributed by atoms with van der Waals surface area (Å²) in [6.07, 6.45) is 0.00827. The monoisotopic (exact) mass is 427 g/mol. The minimum Gasteiger partial charge on any atom is -0.503 e. The third-order valence-electron chi connectivity index (χ3n) is 5.40. The van der Waals surface area contributed by atoms with E-state index in [-0.39, 0.29) is 41.7 Å². The molecule has 4 rings (SSSR count). The standard InChI is InChI=1S/C26H21NO5/c1-31-24-13-12-17(15-28)18(25(24)29)11-6-14-27-26(30)32-16-23-21-9-4-2-7-19(21)20-8-3-5-10-22(20)23/h2-5,7-10,12-13,15,23,29H,14,16H2,1H3,(H,27,30). The topological polar surface area (TPSA) is 84.9 Å². The van der Waals surface area contributed by atoms with Gasteiger partial charge in [-0.05, 0) is 34.4 Å². The number of hydrogen-bond donors (Lipinski definition) is 2. The molecule has 1 aliphatic rings. The van der Waals surface area contributed by atoms with E-state index in [2.05, 4.69) is 41.4 Å². The van der Waals surface area contributed by atoms with Gasteiger partial charge in [0.1, 0.15) is 6.61 Å². The first-order chi connectivity index (χ1) is 15.6. The molecule has 160 valence electrons. The normalized spacial score (nSPS) is 11.5. The zero-order chi connectivity index (χ0) is 22.5. The number of alkyl carbamates (subject to hydrolysis) is 1. The number of rotatable bonds is 5. The highest BCUT2D eigenvalue weighted by Gasteiger charge is 2.28. The van der Waals surface area contributed by atoms with Gasteiger partial charge in [0.25, 0.3) is 0 Å². The number of carbonyl (C=O) groups is 2. The van der Waals surface area contributed by atoms with Crippen LogP contribution in [0.2, 0.25) is 0 Å². The number of phenolic OH excluding ortho intramolecular Hbond substituents is 1. The van der Waals surface area contributed by atoms with Crippen LogP contribution in [0.4, 0.5) is 4.79 Å². The maximum Gasteiger partial charge on any atom is 0.407 e. The fraction of sp³-hybridized carbons (Fsp3) is 0.154. The molecule has 0 fully saturated rings. The Hall–Kier alpha value is -4.24. The van der Waals surface area contributed by atoms with Crippen molar-refractivity contribution in [2.75, 3.05) is 20.3 Å². The zero-order valence-corrected chi connectivity index (χ0v) is 17.4. The molecule has 3 aromatic rings.